The molecule has 0 amide bonds. The molecule has 0 aromatic rings. The van der Waals surface area contributed by atoms with E-state index in [1.54, 1.807) is 27.7 Å². The van der Waals surface area contributed by atoms with Gasteiger partial charge in [-0.2, -0.15) is 0 Å². The molecule has 0 aliphatic rings. The number of aliphatic carboxylic acids is 1. The molecule has 0 rings (SSSR count). The Balaban J connectivity index is 4.88. The number of esters is 1. The van der Waals surface area contributed by atoms with E-state index in [4.69, 9.17) is 9.84 Å². The van der Waals surface area contributed by atoms with Crippen LogP contribution in [0, 0.1) is 5.92 Å². The first-order chi connectivity index (χ1) is 8.08. The lowest BCUT2D eigenvalue weighted by Gasteiger charge is -2.27. The summed E-state index contributed by atoms with van der Waals surface area (Å²) in [6.45, 7) is 10.6. The fourth-order valence-corrected chi connectivity index (χ4v) is 1.30. The number of carboxylic acid groups (broad SMARTS) is 1. The maximum absolute atomic E-state index is 12.0. The van der Waals surface area contributed by atoms with Gasteiger partial charge in [-0.05, 0) is 33.6 Å². The van der Waals surface area contributed by atoms with Crippen LogP contribution in [0.15, 0.2) is 11.8 Å². The molecule has 0 radical (unpaired) electrons. The predicted molar refractivity (Wildman–Crippen MR) is 69.0 cm³/mol. The van der Waals surface area contributed by atoms with Crippen molar-refractivity contribution < 1.29 is 19.4 Å². The Hall–Kier alpha value is -1.52. The van der Waals surface area contributed by atoms with Crippen LogP contribution in [0.4, 0.5) is 0 Å². The molecule has 0 bridgehead atoms. The maximum Gasteiger partial charge on any atom is 0.351 e. The lowest BCUT2D eigenvalue weighted by atomic mass is 10.0. The van der Waals surface area contributed by atoms with Crippen molar-refractivity contribution in [3.05, 3.63) is 11.8 Å². The van der Waals surface area contributed by atoms with E-state index in [1.807, 2.05) is 13.8 Å². The number of carbonyl (C=O) groups is 2. The molecule has 0 aromatic heterocycles. The van der Waals surface area contributed by atoms with Crippen LogP contribution >= 0.6 is 0 Å². The minimum Gasteiger partial charge on any atom is -0.477 e. The third-order valence-electron chi connectivity index (χ3n) is 2.16. The van der Waals surface area contributed by atoms with Crippen molar-refractivity contribution in [3.63, 3.8) is 0 Å². The molecule has 5 heteroatoms. The van der Waals surface area contributed by atoms with E-state index in [2.05, 4.69) is 5.32 Å². The summed E-state index contributed by atoms with van der Waals surface area (Å²) in [6, 6.07) is -0.675. The van der Waals surface area contributed by atoms with Crippen molar-refractivity contribution in [2.45, 2.75) is 53.2 Å². The molecule has 5 nitrogen and oxygen atoms in total. The summed E-state index contributed by atoms with van der Waals surface area (Å²) in [5, 5.41) is 11.6. The van der Waals surface area contributed by atoms with E-state index in [-0.39, 0.29) is 11.6 Å². The minimum absolute atomic E-state index is 0.000408. The molecule has 1 atom stereocenters. The molecule has 0 unspecified atom stereocenters. The molecule has 104 valence electrons. The number of hydrogen-bond acceptors (Lipinski definition) is 4. The Kier molecular flexibility index (Phi) is 5.88. The van der Waals surface area contributed by atoms with E-state index in [0.717, 1.165) is 0 Å². The van der Waals surface area contributed by atoms with Gasteiger partial charge in [-0.3, -0.25) is 0 Å². The molecule has 0 aliphatic carbocycles. The van der Waals surface area contributed by atoms with E-state index >= 15 is 0 Å². The van der Waals surface area contributed by atoms with Gasteiger partial charge in [0.15, 0.2) is 0 Å². The van der Waals surface area contributed by atoms with Gasteiger partial charge in [0.2, 0.25) is 0 Å². The van der Waals surface area contributed by atoms with Gasteiger partial charge >= 0.3 is 11.9 Å². The first-order valence-corrected chi connectivity index (χ1v) is 5.97. The summed E-state index contributed by atoms with van der Waals surface area (Å²) >= 11 is 0. The molecule has 0 spiro atoms. The molecule has 0 aromatic carbocycles. The highest BCUT2D eigenvalue weighted by Crippen LogP contribution is 2.13. The summed E-state index contributed by atoms with van der Waals surface area (Å²) < 4.78 is 5.26. The van der Waals surface area contributed by atoms with Crippen molar-refractivity contribution in [1.82, 2.24) is 5.32 Å². The Bertz CT molecular complexity index is 339. The van der Waals surface area contributed by atoms with Gasteiger partial charge in [-0.1, -0.05) is 19.9 Å². The lowest BCUT2D eigenvalue weighted by Crippen LogP contribution is -2.45. The van der Waals surface area contributed by atoms with Gasteiger partial charge in [0, 0.05) is 0 Å². The summed E-state index contributed by atoms with van der Waals surface area (Å²) in [5.41, 5.74) is -0.592. The number of carboxylic acids is 1. The van der Waals surface area contributed by atoms with E-state index < -0.39 is 23.6 Å². The summed E-state index contributed by atoms with van der Waals surface area (Å²) in [6.07, 6.45) is 1.42. The number of rotatable bonds is 5. The van der Waals surface area contributed by atoms with Gasteiger partial charge in [-0.25, -0.2) is 9.59 Å². The average Bonchev–Trinajstić information content (AvgIpc) is 2.14. The van der Waals surface area contributed by atoms with E-state index in [9.17, 15) is 9.59 Å². The van der Waals surface area contributed by atoms with Crippen LogP contribution in [0.2, 0.25) is 0 Å². The quantitative estimate of drug-likeness (QED) is 0.581. The Labute approximate surface area is 108 Å². The number of nitrogens with one attached hydrogen (secondary N) is 1. The zero-order chi connectivity index (χ0) is 14.5. The lowest BCUT2D eigenvalue weighted by molar-refractivity contribution is -0.158. The van der Waals surface area contributed by atoms with Gasteiger partial charge in [0.25, 0.3) is 0 Å². The maximum atomic E-state index is 12.0. The van der Waals surface area contributed by atoms with Crippen molar-refractivity contribution in [1.29, 1.82) is 0 Å². The summed E-state index contributed by atoms with van der Waals surface area (Å²) in [7, 11) is 0. The fourth-order valence-electron chi connectivity index (χ4n) is 1.30. The highest BCUT2D eigenvalue weighted by atomic mass is 16.6. The van der Waals surface area contributed by atoms with Crippen LogP contribution in [0.25, 0.3) is 0 Å². The van der Waals surface area contributed by atoms with Crippen LogP contribution in [0.5, 0.6) is 0 Å². The fraction of sp³-hybridized carbons (Fsp3) is 0.692. The second-order valence-electron chi connectivity index (χ2n) is 5.41. The van der Waals surface area contributed by atoms with E-state index in [1.165, 1.54) is 6.08 Å². The van der Waals surface area contributed by atoms with Crippen LogP contribution < -0.4 is 5.32 Å². The Morgan fingerprint density at radius 1 is 1.28 bits per heavy atom. The van der Waals surface area contributed by atoms with Crippen molar-refractivity contribution in [3.8, 4) is 0 Å². The molecular formula is C13H23NO4. The zero-order valence-electron chi connectivity index (χ0n) is 11.9. The monoisotopic (exact) mass is 257 g/mol. The molecule has 0 saturated heterocycles. The number of carbonyl (C=O) groups excluding carboxylic acids is 1. The highest BCUT2D eigenvalue weighted by Gasteiger charge is 2.29. The van der Waals surface area contributed by atoms with E-state index in [0.29, 0.717) is 0 Å². The van der Waals surface area contributed by atoms with Crippen LogP contribution in [0.3, 0.4) is 0 Å². The predicted octanol–water partition coefficient (Wildman–Crippen LogP) is 1.93. The van der Waals surface area contributed by atoms with Crippen LogP contribution in [0.1, 0.15) is 41.5 Å². The summed E-state index contributed by atoms with van der Waals surface area (Å²) in [4.78, 5) is 22.9. The Morgan fingerprint density at radius 2 is 1.78 bits per heavy atom. The standard InChI is InChI=1S/C13H23NO4/c1-7-9(11(15)16)14-10(8(2)3)12(17)18-13(4,5)6/h7-8,10,14H,1-6H3,(H,15,16)/t10-/m0/s1. The van der Waals surface area contributed by atoms with Gasteiger partial charge in [-0.15, -0.1) is 0 Å². The molecule has 2 N–H and O–H groups in total. The van der Waals surface area contributed by atoms with Crippen molar-refractivity contribution in [2.24, 2.45) is 5.92 Å². The number of ether oxygens (including phenoxy) is 1. The normalized spacial score (nSPS) is 14.3. The third-order valence-corrected chi connectivity index (χ3v) is 2.16. The molecule has 18 heavy (non-hydrogen) atoms. The Morgan fingerprint density at radius 3 is 2.06 bits per heavy atom. The smallest absolute Gasteiger partial charge is 0.351 e. The van der Waals surface area contributed by atoms with Crippen molar-refractivity contribution in [2.75, 3.05) is 0 Å². The van der Waals surface area contributed by atoms with Crippen LogP contribution in [-0.2, 0) is 14.3 Å². The largest absolute Gasteiger partial charge is 0.477 e. The topological polar surface area (TPSA) is 75.6 Å². The summed E-state index contributed by atoms with van der Waals surface area (Å²) in [5.74, 6) is -1.61. The van der Waals surface area contributed by atoms with Crippen LogP contribution in [-0.4, -0.2) is 28.7 Å². The molecular weight excluding hydrogens is 234 g/mol. The highest BCUT2D eigenvalue weighted by molar-refractivity contribution is 5.87. The molecule has 0 fully saturated rings. The molecule has 0 saturated carbocycles. The van der Waals surface area contributed by atoms with Gasteiger partial charge in [0.05, 0.1) is 0 Å². The third kappa shape index (κ3) is 5.70. The SMILES string of the molecule is CC=C(N[C@H](C(=O)OC(C)(C)C)C(C)C)C(=O)O. The first kappa shape index (κ1) is 16.5. The van der Waals surface area contributed by atoms with Gasteiger partial charge < -0.3 is 15.2 Å². The number of hydrogen-bond donors (Lipinski definition) is 2. The average molecular weight is 257 g/mol. The zero-order valence-corrected chi connectivity index (χ0v) is 11.9. The first-order valence-electron chi connectivity index (χ1n) is 5.97. The van der Waals surface area contributed by atoms with Crippen molar-refractivity contribution >= 4 is 11.9 Å². The minimum atomic E-state index is -1.09. The molecule has 0 aliphatic heterocycles. The number of allylic oxidation sites excluding steroid dienone is 1. The second-order valence-corrected chi connectivity index (χ2v) is 5.41. The second kappa shape index (κ2) is 6.42. The molecule has 0 heterocycles. The van der Waals surface area contributed by atoms with Gasteiger partial charge in [0.1, 0.15) is 17.3 Å².